The van der Waals surface area contributed by atoms with Gasteiger partial charge >= 0.3 is 6.18 Å². The lowest BCUT2D eigenvalue weighted by Gasteiger charge is -2.27. The van der Waals surface area contributed by atoms with E-state index in [0.29, 0.717) is 6.42 Å². The molecule has 2 atom stereocenters. The summed E-state index contributed by atoms with van der Waals surface area (Å²) in [5.41, 5.74) is 1.42. The standard InChI is InChI=1S/C20H22F3NO/c1-24(2)15-12-11-14-7-3-4-8-16(14)19(13-15)25-18-10-6-5-9-17(18)20(21,22)23/h3-10,15,19H,11-13H2,1-2H3/t15-,19-/m0/s1. The fourth-order valence-electron chi connectivity index (χ4n) is 3.43. The van der Waals surface area contributed by atoms with E-state index in [0.717, 1.165) is 30.0 Å². The van der Waals surface area contributed by atoms with Crippen molar-refractivity contribution in [1.82, 2.24) is 4.90 Å². The molecule has 2 aromatic rings. The number of fused-ring (bicyclic) bond motifs is 1. The van der Waals surface area contributed by atoms with Gasteiger partial charge in [0, 0.05) is 12.5 Å². The molecule has 0 N–H and O–H groups in total. The maximum absolute atomic E-state index is 13.3. The maximum Gasteiger partial charge on any atom is 0.419 e. The van der Waals surface area contributed by atoms with Crippen molar-refractivity contribution in [2.24, 2.45) is 0 Å². The van der Waals surface area contributed by atoms with Crippen LogP contribution >= 0.6 is 0 Å². The minimum absolute atomic E-state index is 0.103. The van der Waals surface area contributed by atoms with Gasteiger partial charge in [-0.25, -0.2) is 0 Å². The SMILES string of the molecule is CN(C)[C@H]1CCc2ccccc2[C@@H](Oc2ccccc2C(F)(F)F)C1. The number of aryl methyl sites for hydroxylation is 1. The smallest absolute Gasteiger partial charge is 0.419 e. The van der Waals surface area contributed by atoms with E-state index >= 15 is 0 Å². The fourth-order valence-corrected chi connectivity index (χ4v) is 3.43. The Hall–Kier alpha value is -2.01. The first-order valence-corrected chi connectivity index (χ1v) is 8.43. The van der Waals surface area contributed by atoms with E-state index in [2.05, 4.69) is 4.90 Å². The van der Waals surface area contributed by atoms with Crippen molar-refractivity contribution < 1.29 is 17.9 Å². The molecule has 5 heteroatoms. The van der Waals surface area contributed by atoms with Crippen LogP contribution in [0.15, 0.2) is 48.5 Å². The van der Waals surface area contributed by atoms with Crippen LogP contribution in [0.1, 0.15) is 35.6 Å². The molecule has 0 bridgehead atoms. The second kappa shape index (κ2) is 7.08. The number of para-hydroxylation sites is 1. The van der Waals surface area contributed by atoms with Crippen LogP contribution in [0.5, 0.6) is 5.75 Å². The van der Waals surface area contributed by atoms with E-state index in [1.54, 1.807) is 6.07 Å². The molecule has 0 fully saturated rings. The van der Waals surface area contributed by atoms with Crippen molar-refractivity contribution in [3.63, 3.8) is 0 Å². The largest absolute Gasteiger partial charge is 0.485 e. The molecule has 0 aliphatic heterocycles. The van der Waals surface area contributed by atoms with Crippen molar-refractivity contribution >= 4 is 0 Å². The van der Waals surface area contributed by atoms with E-state index in [4.69, 9.17) is 4.74 Å². The average Bonchev–Trinajstić information content (AvgIpc) is 2.75. The minimum Gasteiger partial charge on any atom is -0.485 e. The van der Waals surface area contributed by atoms with Gasteiger partial charge in [0.2, 0.25) is 0 Å². The van der Waals surface area contributed by atoms with Crippen LogP contribution in [-0.2, 0) is 12.6 Å². The summed E-state index contributed by atoms with van der Waals surface area (Å²) in [6.07, 6.45) is -2.29. The number of rotatable bonds is 3. The molecule has 1 aliphatic carbocycles. The topological polar surface area (TPSA) is 12.5 Å². The second-order valence-electron chi connectivity index (χ2n) is 6.69. The van der Waals surface area contributed by atoms with Gasteiger partial charge in [-0.3, -0.25) is 0 Å². The Kier molecular flexibility index (Phi) is 5.04. The molecule has 0 saturated carbocycles. The normalized spacial score (nSPS) is 20.9. The lowest BCUT2D eigenvalue weighted by molar-refractivity contribution is -0.139. The lowest BCUT2D eigenvalue weighted by Crippen LogP contribution is -2.30. The summed E-state index contributed by atoms with van der Waals surface area (Å²) in [5, 5.41) is 0. The second-order valence-corrected chi connectivity index (χ2v) is 6.69. The highest BCUT2D eigenvalue weighted by atomic mass is 19.4. The molecular weight excluding hydrogens is 327 g/mol. The third-order valence-electron chi connectivity index (χ3n) is 4.83. The Bertz CT molecular complexity index is 727. The Morgan fingerprint density at radius 3 is 2.40 bits per heavy atom. The number of nitrogens with zero attached hydrogens (tertiary/aromatic N) is 1. The molecule has 1 aliphatic rings. The van der Waals surface area contributed by atoms with Crippen molar-refractivity contribution in [2.45, 2.75) is 37.6 Å². The van der Waals surface area contributed by atoms with Crippen LogP contribution in [-0.4, -0.2) is 25.0 Å². The van der Waals surface area contributed by atoms with Gasteiger partial charge in [0.1, 0.15) is 11.9 Å². The van der Waals surface area contributed by atoms with Crippen LogP contribution < -0.4 is 4.74 Å². The fraction of sp³-hybridized carbons (Fsp3) is 0.400. The zero-order chi connectivity index (χ0) is 18.0. The van der Waals surface area contributed by atoms with E-state index in [-0.39, 0.29) is 11.8 Å². The monoisotopic (exact) mass is 349 g/mol. The van der Waals surface area contributed by atoms with Gasteiger partial charge in [0.25, 0.3) is 0 Å². The van der Waals surface area contributed by atoms with Crippen LogP contribution in [0.3, 0.4) is 0 Å². The molecule has 25 heavy (non-hydrogen) atoms. The highest BCUT2D eigenvalue weighted by Gasteiger charge is 2.35. The first kappa shape index (κ1) is 17.8. The minimum atomic E-state index is -4.43. The van der Waals surface area contributed by atoms with Crippen LogP contribution in [0.25, 0.3) is 0 Å². The van der Waals surface area contributed by atoms with Crippen molar-refractivity contribution in [1.29, 1.82) is 0 Å². The Labute approximate surface area is 146 Å². The molecule has 134 valence electrons. The number of hydrogen-bond donors (Lipinski definition) is 0. The summed E-state index contributed by atoms with van der Waals surface area (Å²) in [6, 6.07) is 13.6. The number of benzene rings is 2. The average molecular weight is 349 g/mol. The summed E-state index contributed by atoms with van der Waals surface area (Å²) >= 11 is 0. The van der Waals surface area contributed by atoms with Crippen LogP contribution in [0.4, 0.5) is 13.2 Å². The quantitative estimate of drug-likeness (QED) is 0.716. The van der Waals surface area contributed by atoms with Crippen molar-refractivity contribution in [2.75, 3.05) is 14.1 Å². The Morgan fingerprint density at radius 1 is 1.00 bits per heavy atom. The molecule has 0 radical (unpaired) electrons. The van der Waals surface area contributed by atoms with Gasteiger partial charge in [0.05, 0.1) is 5.56 Å². The van der Waals surface area contributed by atoms with Gasteiger partial charge in [-0.2, -0.15) is 13.2 Å². The molecule has 0 aromatic heterocycles. The zero-order valence-electron chi connectivity index (χ0n) is 14.4. The number of ether oxygens (including phenoxy) is 1. The predicted molar refractivity (Wildman–Crippen MR) is 91.7 cm³/mol. The Morgan fingerprint density at radius 2 is 1.68 bits per heavy atom. The lowest BCUT2D eigenvalue weighted by atomic mass is 10.0. The molecule has 0 heterocycles. The molecule has 2 nitrogen and oxygen atoms in total. The molecule has 0 saturated heterocycles. The highest BCUT2D eigenvalue weighted by Crippen LogP contribution is 2.40. The first-order valence-electron chi connectivity index (χ1n) is 8.43. The molecular formula is C20H22F3NO. The molecule has 0 unspecified atom stereocenters. The summed E-state index contributed by atoms with van der Waals surface area (Å²) in [6.45, 7) is 0. The van der Waals surface area contributed by atoms with Gasteiger partial charge < -0.3 is 9.64 Å². The number of hydrogen-bond acceptors (Lipinski definition) is 2. The number of alkyl halides is 3. The maximum atomic E-state index is 13.3. The van der Waals surface area contributed by atoms with E-state index < -0.39 is 17.8 Å². The van der Waals surface area contributed by atoms with Crippen LogP contribution in [0.2, 0.25) is 0 Å². The molecule has 2 aromatic carbocycles. The predicted octanol–water partition coefficient (Wildman–Crippen LogP) is 5.09. The van der Waals surface area contributed by atoms with E-state index in [1.165, 1.54) is 12.1 Å². The summed E-state index contributed by atoms with van der Waals surface area (Å²) in [5.74, 6) is -0.103. The summed E-state index contributed by atoms with van der Waals surface area (Å²) < 4.78 is 45.8. The van der Waals surface area contributed by atoms with Crippen LogP contribution in [0, 0.1) is 0 Å². The molecule has 3 rings (SSSR count). The third kappa shape index (κ3) is 3.98. The van der Waals surface area contributed by atoms with Gasteiger partial charge in [0.15, 0.2) is 0 Å². The first-order chi connectivity index (χ1) is 11.9. The van der Waals surface area contributed by atoms with E-state index in [1.807, 2.05) is 38.4 Å². The van der Waals surface area contributed by atoms with Gasteiger partial charge in [-0.05, 0) is 50.2 Å². The van der Waals surface area contributed by atoms with E-state index in [9.17, 15) is 13.2 Å². The van der Waals surface area contributed by atoms with Crippen molar-refractivity contribution in [3.8, 4) is 5.75 Å². The number of halogens is 3. The summed E-state index contributed by atoms with van der Waals surface area (Å²) in [7, 11) is 4.00. The van der Waals surface area contributed by atoms with Gasteiger partial charge in [-0.1, -0.05) is 36.4 Å². The summed E-state index contributed by atoms with van der Waals surface area (Å²) in [4.78, 5) is 2.12. The molecule has 0 spiro atoms. The Balaban J connectivity index is 1.97. The molecule has 0 amide bonds. The van der Waals surface area contributed by atoms with Crippen molar-refractivity contribution in [3.05, 3.63) is 65.2 Å². The van der Waals surface area contributed by atoms with Gasteiger partial charge in [-0.15, -0.1) is 0 Å². The zero-order valence-corrected chi connectivity index (χ0v) is 14.4. The highest BCUT2D eigenvalue weighted by molar-refractivity contribution is 5.38. The third-order valence-corrected chi connectivity index (χ3v) is 4.83.